The molecule has 0 spiro atoms. The number of aliphatic hydroxyl groups is 1. The molecule has 126 valence electrons. The molecule has 3 aromatic rings. The molecule has 1 aromatic carbocycles. The number of aryl methyl sites for hydroxylation is 1. The van der Waals surface area contributed by atoms with E-state index in [1.165, 1.54) is 4.90 Å². The molecule has 3 N–H and O–H groups in total. The molecule has 0 aliphatic carbocycles. The van der Waals surface area contributed by atoms with Gasteiger partial charge < -0.3 is 20.0 Å². The van der Waals surface area contributed by atoms with Crippen molar-refractivity contribution in [2.24, 2.45) is 0 Å². The number of nitrogens with one attached hydrogen (secondary N) is 2. The number of H-pyrrole nitrogens is 2. The second kappa shape index (κ2) is 7.14. The number of carbonyl (C=O) groups is 1. The summed E-state index contributed by atoms with van der Waals surface area (Å²) in [5.74, 6) is 0.513. The van der Waals surface area contributed by atoms with Gasteiger partial charge in [0.15, 0.2) is 0 Å². The Morgan fingerprint density at radius 2 is 2.17 bits per heavy atom. The van der Waals surface area contributed by atoms with E-state index >= 15 is 0 Å². The predicted octanol–water partition coefficient (Wildman–Crippen LogP) is 0.464. The van der Waals surface area contributed by atoms with Crippen molar-refractivity contribution in [3.05, 3.63) is 53.0 Å². The van der Waals surface area contributed by atoms with E-state index in [-0.39, 0.29) is 37.7 Å². The van der Waals surface area contributed by atoms with Crippen LogP contribution >= 0.6 is 0 Å². The molecular formula is C16H19N5O3. The number of aromatic nitrogens is 4. The van der Waals surface area contributed by atoms with Crippen LogP contribution in [-0.4, -0.2) is 48.6 Å². The average Bonchev–Trinajstić information content (AvgIpc) is 3.19. The van der Waals surface area contributed by atoms with E-state index in [2.05, 4.69) is 15.0 Å². The van der Waals surface area contributed by atoms with Crippen molar-refractivity contribution < 1.29 is 9.90 Å². The highest BCUT2D eigenvalue weighted by Crippen LogP contribution is 2.10. The monoisotopic (exact) mass is 329 g/mol. The molecule has 2 aromatic heterocycles. The number of aliphatic hydroxyl groups excluding tert-OH is 1. The maximum absolute atomic E-state index is 12.4. The summed E-state index contributed by atoms with van der Waals surface area (Å²) in [6.07, 6.45) is 3.47. The van der Waals surface area contributed by atoms with Crippen LogP contribution in [0, 0.1) is 0 Å². The third kappa shape index (κ3) is 3.38. The number of aromatic amines is 2. The topological polar surface area (TPSA) is 107 Å². The number of fused-ring (bicyclic) bond motifs is 1. The lowest BCUT2D eigenvalue weighted by molar-refractivity contribution is -0.132. The zero-order chi connectivity index (χ0) is 16.9. The molecule has 0 unspecified atom stereocenters. The number of hydrogen-bond donors (Lipinski definition) is 3. The highest BCUT2D eigenvalue weighted by molar-refractivity contribution is 5.77. The fourth-order valence-electron chi connectivity index (χ4n) is 2.67. The SMILES string of the molecule is O=C(CCn1c(=O)[nH]c2ccccc21)N(CCO)Cc1ncc[nH]1. The summed E-state index contributed by atoms with van der Waals surface area (Å²) in [6.45, 7) is 0.679. The Bertz CT molecular complexity index is 865. The first-order valence-corrected chi connectivity index (χ1v) is 7.73. The number of benzene rings is 1. The van der Waals surface area contributed by atoms with Gasteiger partial charge in [-0.15, -0.1) is 0 Å². The second-order valence-corrected chi connectivity index (χ2v) is 5.42. The quantitative estimate of drug-likeness (QED) is 0.585. The van der Waals surface area contributed by atoms with E-state index in [9.17, 15) is 9.59 Å². The molecule has 2 heterocycles. The maximum atomic E-state index is 12.4. The van der Waals surface area contributed by atoms with E-state index < -0.39 is 0 Å². The molecule has 3 rings (SSSR count). The van der Waals surface area contributed by atoms with E-state index in [0.717, 1.165) is 11.0 Å². The molecule has 0 atom stereocenters. The van der Waals surface area contributed by atoms with Crippen LogP contribution in [0.1, 0.15) is 12.2 Å². The Hall–Kier alpha value is -2.87. The summed E-state index contributed by atoms with van der Waals surface area (Å²) in [5, 5.41) is 9.17. The third-order valence-electron chi connectivity index (χ3n) is 3.85. The molecule has 0 bridgehead atoms. The molecule has 0 saturated heterocycles. The first-order chi connectivity index (χ1) is 11.7. The largest absolute Gasteiger partial charge is 0.395 e. The van der Waals surface area contributed by atoms with E-state index in [1.54, 1.807) is 17.0 Å². The van der Waals surface area contributed by atoms with Crippen molar-refractivity contribution >= 4 is 16.9 Å². The van der Waals surface area contributed by atoms with Crippen molar-refractivity contribution in [2.45, 2.75) is 19.5 Å². The number of carbonyl (C=O) groups excluding carboxylic acids is 1. The smallest absolute Gasteiger partial charge is 0.326 e. The molecule has 0 aliphatic rings. The lowest BCUT2D eigenvalue weighted by atomic mass is 10.3. The Balaban J connectivity index is 1.70. The van der Waals surface area contributed by atoms with Crippen molar-refractivity contribution in [3.63, 3.8) is 0 Å². The lowest BCUT2D eigenvalue weighted by Crippen LogP contribution is -2.34. The minimum absolute atomic E-state index is 0.126. The first kappa shape index (κ1) is 16.0. The molecule has 0 saturated carbocycles. The molecule has 8 nitrogen and oxygen atoms in total. The maximum Gasteiger partial charge on any atom is 0.326 e. The number of rotatable bonds is 7. The van der Waals surface area contributed by atoms with Crippen LogP contribution in [0.25, 0.3) is 11.0 Å². The summed E-state index contributed by atoms with van der Waals surface area (Å²) in [5.41, 5.74) is 1.29. The summed E-state index contributed by atoms with van der Waals surface area (Å²) in [7, 11) is 0. The van der Waals surface area contributed by atoms with Crippen LogP contribution in [-0.2, 0) is 17.9 Å². The Kier molecular flexibility index (Phi) is 4.76. The van der Waals surface area contributed by atoms with Crippen molar-refractivity contribution in [1.29, 1.82) is 0 Å². The van der Waals surface area contributed by atoms with Gasteiger partial charge in [-0.1, -0.05) is 12.1 Å². The van der Waals surface area contributed by atoms with E-state index in [1.807, 2.05) is 24.3 Å². The normalized spacial score (nSPS) is 11.0. The molecule has 0 fully saturated rings. The molecule has 8 heteroatoms. The molecule has 24 heavy (non-hydrogen) atoms. The van der Waals surface area contributed by atoms with Gasteiger partial charge in [0.1, 0.15) is 5.82 Å². The standard InChI is InChI=1S/C16H19N5O3/c22-10-9-20(11-14-17-6-7-18-14)15(23)5-8-21-13-4-2-1-3-12(13)19-16(21)24/h1-4,6-7,22H,5,8-11H2,(H,17,18)(H,19,24). The Morgan fingerprint density at radius 3 is 2.92 bits per heavy atom. The van der Waals surface area contributed by atoms with Gasteiger partial charge in [0.25, 0.3) is 0 Å². The van der Waals surface area contributed by atoms with Crippen molar-refractivity contribution in [3.8, 4) is 0 Å². The number of amides is 1. The number of imidazole rings is 2. The highest BCUT2D eigenvalue weighted by atomic mass is 16.3. The average molecular weight is 329 g/mol. The van der Waals surface area contributed by atoms with Gasteiger partial charge in [0.05, 0.1) is 24.2 Å². The van der Waals surface area contributed by atoms with Crippen LogP contribution in [0.4, 0.5) is 0 Å². The number of para-hydroxylation sites is 2. The van der Waals surface area contributed by atoms with Crippen LogP contribution in [0.2, 0.25) is 0 Å². The minimum atomic E-state index is -0.233. The van der Waals surface area contributed by atoms with Crippen LogP contribution in [0.15, 0.2) is 41.5 Å². The third-order valence-corrected chi connectivity index (χ3v) is 3.85. The number of nitrogens with zero attached hydrogens (tertiary/aromatic N) is 3. The fraction of sp³-hybridized carbons (Fsp3) is 0.312. The first-order valence-electron chi connectivity index (χ1n) is 7.73. The summed E-state index contributed by atoms with van der Waals surface area (Å²) in [6, 6.07) is 7.36. The highest BCUT2D eigenvalue weighted by Gasteiger charge is 2.16. The van der Waals surface area contributed by atoms with Gasteiger partial charge in [-0.05, 0) is 12.1 Å². The van der Waals surface area contributed by atoms with Gasteiger partial charge in [-0.3, -0.25) is 9.36 Å². The molecule has 0 radical (unpaired) electrons. The van der Waals surface area contributed by atoms with Gasteiger partial charge in [0.2, 0.25) is 5.91 Å². The summed E-state index contributed by atoms with van der Waals surface area (Å²) >= 11 is 0. The Labute approximate surface area is 137 Å². The van der Waals surface area contributed by atoms with Crippen LogP contribution < -0.4 is 5.69 Å². The fourth-order valence-corrected chi connectivity index (χ4v) is 2.67. The van der Waals surface area contributed by atoms with Gasteiger partial charge >= 0.3 is 5.69 Å². The van der Waals surface area contributed by atoms with Crippen molar-refractivity contribution in [2.75, 3.05) is 13.2 Å². The van der Waals surface area contributed by atoms with Gasteiger partial charge in [-0.2, -0.15) is 0 Å². The van der Waals surface area contributed by atoms with Crippen molar-refractivity contribution in [1.82, 2.24) is 24.4 Å². The van der Waals surface area contributed by atoms with E-state index in [0.29, 0.717) is 12.4 Å². The zero-order valence-electron chi connectivity index (χ0n) is 13.1. The Morgan fingerprint density at radius 1 is 1.33 bits per heavy atom. The van der Waals surface area contributed by atoms with Crippen LogP contribution in [0.3, 0.4) is 0 Å². The second-order valence-electron chi connectivity index (χ2n) is 5.42. The van der Waals surface area contributed by atoms with Gasteiger partial charge in [0, 0.05) is 31.9 Å². The zero-order valence-corrected chi connectivity index (χ0v) is 13.1. The molecule has 1 amide bonds. The van der Waals surface area contributed by atoms with Crippen LogP contribution in [0.5, 0.6) is 0 Å². The predicted molar refractivity (Wildman–Crippen MR) is 88.3 cm³/mol. The lowest BCUT2D eigenvalue weighted by Gasteiger charge is -2.20. The minimum Gasteiger partial charge on any atom is -0.395 e. The van der Waals surface area contributed by atoms with Gasteiger partial charge in [-0.25, -0.2) is 9.78 Å². The summed E-state index contributed by atoms with van der Waals surface area (Å²) in [4.78, 5) is 35.8. The molecule has 0 aliphatic heterocycles. The number of hydrogen-bond acceptors (Lipinski definition) is 4. The summed E-state index contributed by atoms with van der Waals surface area (Å²) < 4.78 is 1.55. The van der Waals surface area contributed by atoms with E-state index in [4.69, 9.17) is 5.11 Å². The molecular weight excluding hydrogens is 310 g/mol.